The predicted molar refractivity (Wildman–Crippen MR) is 51.5 cm³/mol. The lowest BCUT2D eigenvalue weighted by Gasteiger charge is -2.19. The van der Waals surface area contributed by atoms with Gasteiger partial charge < -0.3 is 10.6 Å². The van der Waals surface area contributed by atoms with Crippen LogP contribution in [0.1, 0.15) is 29.2 Å². The summed E-state index contributed by atoms with van der Waals surface area (Å²) in [5.74, 6) is 0.0687. The van der Waals surface area contributed by atoms with Crippen LogP contribution in [0, 0.1) is 0 Å². The minimum absolute atomic E-state index is 0.0687. The summed E-state index contributed by atoms with van der Waals surface area (Å²) in [6.07, 6.45) is 0. The first-order chi connectivity index (χ1) is 6.09. The number of amides is 1. The highest BCUT2D eigenvalue weighted by Gasteiger charge is 2.32. The molecule has 0 fully saturated rings. The second-order valence-corrected chi connectivity index (χ2v) is 4.39. The fourth-order valence-electron chi connectivity index (χ4n) is 1.43. The molecule has 2 heterocycles. The van der Waals surface area contributed by atoms with E-state index in [9.17, 15) is 4.79 Å². The van der Waals surface area contributed by atoms with Crippen molar-refractivity contribution < 1.29 is 4.79 Å². The molecule has 13 heavy (non-hydrogen) atoms. The number of nitrogen functional groups attached to an aromatic ring is 1. The molecule has 4 nitrogen and oxygen atoms in total. The van der Waals surface area contributed by atoms with Gasteiger partial charge in [0.25, 0.3) is 5.91 Å². The molecule has 5 heteroatoms. The maximum absolute atomic E-state index is 11.7. The summed E-state index contributed by atoms with van der Waals surface area (Å²) >= 11 is 1.28. The van der Waals surface area contributed by atoms with Crippen LogP contribution in [0.2, 0.25) is 0 Å². The molecule has 0 aromatic carbocycles. The van der Waals surface area contributed by atoms with E-state index in [1.165, 1.54) is 11.3 Å². The van der Waals surface area contributed by atoms with Crippen LogP contribution in [0.15, 0.2) is 0 Å². The standard InChI is InChI=1S/C8H11N3OS/c1-4(2)11-3-5-6(7(11)12)13-8(9)10-5/h4H,3H2,1-2H3,(H2,9,10). The van der Waals surface area contributed by atoms with Crippen LogP contribution < -0.4 is 5.73 Å². The SMILES string of the molecule is CC(C)N1Cc2nc(N)sc2C1=O. The number of hydrogen-bond acceptors (Lipinski definition) is 4. The Balaban J connectivity index is 2.35. The molecule has 0 saturated carbocycles. The second kappa shape index (κ2) is 2.70. The van der Waals surface area contributed by atoms with Gasteiger partial charge in [-0.2, -0.15) is 0 Å². The topological polar surface area (TPSA) is 59.2 Å². The van der Waals surface area contributed by atoms with E-state index in [-0.39, 0.29) is 11.9 Å². The predicted octanol–water partition coefficient (Wildman–Crippen LogP) is 1.09. The number of rotatable bonds is 1. The second-order valence-electron chi connectivity index (χ2n) is 3.35. The third-order valence-corrected chi connectivity index (χ3v) is 3.03. The Morgan fingerprint density at radius 3 is 2.85 bits per heavy atom. The van der Waals surface area contributed by atoms with Crippen LogP contribution in [0.3, 0.4) is 0 Å². The molecule has 0 aliphatic carbocycles. The Bertz CT molecular complexity index is 358. The number of carbonyl (C=O) groups is 1. The molecule has 0 saturated heterocycles. The zero-order chi connectivity index (χ0) is 9.59. The Labute approximate surface area is 80.4 Å². The molecule has 1 aliphatic rings. The normalized spacial score (nSPS) is 15.6. The zero-order valence-electron chi connectivity index (χ0n) is 7.57. The van der Waals surface area contributed by atoms with Crippen molar-refractivity contribution in [3.8, 4) is 0 Å². The lowest BCUT2D eigenvalue weighted by atomic mass is 10.3. The van der Waals surface area contributed by atoms with Crippen molar-refractivity contribution >= 4 is 22.4 Å². The van der Waals surface area contributed by atoms with Gasteiger partial charge in [0.15, 0.2) is 5.13 Å². The van der Waals surface area contributed by atoms with Gasteiger partial charge in [0.1, 0.15) is 4.88 Å². The Morgan fingerprint density at radius 1 is 1.62 bits per heavy atom. The van der Waals surface area contributed by atoms with Crippen LogP contribution in [0.25, 0.3) is 0 Å². The lowest BCUT2D eigenvalue weighted by molar-refractivity contribution is 0.0733. The molecule has 1 aliphatic heterocycles. The van der Waals surface area contributed by atoms with E-state index in [1.54, 1.807) is 4.90 Å². The molecular weight excluding hydrogens is 186 g/mol. The Morgan fingerprint density at radius 2 is 2.31 bits per heavy atom. The number of aromatic nitrogens is 1. The molecule has 2 rings (SSSR count). The number of anilines is 1. The van der Waals surface area contributed by atoms with Crippen molar-refractivity contribution in [3.05, 3.63) is 10.6 Å². The van der Waals surface area contributed by atoms with Crippen molar-refractivity contribution in [3.63, 3.8) is 0 Å². The third-order valence-electron chi connectivity index (χ3n) is 2.11. The number of nitrogens with two attached hydrogens (primary N) is 1. The van der Waals surface area contributed by atoms with Crippen LogP contribution in [0.4, 0.5) is 5.13 Å². The molecule has 70 valence electrons. The van der Waals surface area contributed by atoms with E-state index in [0.717, 1.165) is 5.69 Å². The van der Waals surface area contributed by atoms with Crippen LogP contribution >= 0.6 is 11.3 Å². The smallest absolute Gasteiger partial charge is 0.266 e. The molecule has 1 aromatic rings. The fourth-order valence-corrected chi connectivity index (χ4v) is 2.22. The van der Waals surface area contributed by atoms with E-state index < -0.39 is 0 Å². The molecule has 1 amide bonds. The maximum Gasteiger partial charge on any atom is 0.266 e. The molecule has 2 N–H and O–H groups in total. The van der Waals surface area contributed by atoms with E-state index in [1.807, 2.05) is 13.8 Å². The average molecular weight is 197 g/mol. The summed E-state index contributed by atoms with van der Waals surface area (Å²) in [7, 11) is 0. The number of carbonyl (C=O) groups excluding carboxylic acids is 1. The van der Waals surface area contributed by atoms with Gasteiger partial charge in [-0.25, -0.2) is 4.98 Å². The summed E-state index contributed by atoms with van der Waals surface area (Å²) in [4.78, 5) is 18.3. The lowest BCUT2D eigenvalue weighted by Crippen LogP contribution is -2.30. The van der Waals surface area contributed by atoms with E-state index in [4.69, 9.17) is 5.73 Å². The summed E-state index contributed by atoms with van der Waals surface area (Å²) in [6, 6.07) is 0.232. The maximum atomic E-state index is 11.7. The molecule has 1 aromatic heterocycles. The van der Waals surface area contributed by atoms with Crippen molar-refractivity contribution in [2.45, 2.75) is 26.4 Å². The number of thiazole rings is 1. The van der Waals surface area contributed by atoms with E-state index in [2.05, 4.69) is 4.98 Å². The fraction of sp³-hybridized carbons (Fsp3) is 0.500. The highest BCUT2D eigenvalue weighted by molar-refractivity contribution is 7.17. The quantitative estimate of drug-likeness (QED) is 0.733. The minimum atomic E-state index is 0.0687. The first kappa shape index (κ1) is 8.50. The first-order valence-electron chi connectivity index (χ1n) is 4.15. The van der Waals surface area contributed by atoms with Gasteiger partial charge >= 0.3 is 0 Å². The van der Waals surface area contributed by atoms with Crippen LogP contribution in [0.5, 0.6) is 0 Å². The number of fused-ring (bicyclic) bond motifs is 1. The van der Waals surface area contributed by atoms with Crippen LogP contribution in [-0.2, 0) is 6.54 Å². The van der Waals surface area contributed by atoms with Gasteiger partial charge in [-0.15, -0.1) is 0 Å². The molecule has 0 radical (unpaired) electrons. The first-order valence-corrected chi connectivity index (χ1v) is 4.97. The third kappa shape index (κ3) is 1.19. The van der Waals surface area contributed by atoms with E-state index in [0.29, 0.717) is 16.6 Å². The monoisotopic (exact) mass is 197 g/mol. The molecular formula is C8H11N3OS. The summed E-state index contributed by atoms with van der Waals surface area (Å²) < 4.78 is 0. The van der Waals surface area contributed by atoms with Gasteiger partial charge in [0.2, 0.25) is 0 Å². The van der Waals surface area contributed by atoms with Gasteiger partial charge in [-0.05, 0) is 13.8 Å². The number of hydrogen-bond donors (Lipinski definition) is 1. The minimum Gasteiger partial charge on any atom is -0.375 e. The molecule has 0 spiro atoms. The summed E-state index contributed by atoms with van der Waals surface area (Å²) in [5, 5.41) is 0.488. The molecule has 0 atom stereocenters. The largest absolute Gasteiger partial charge is 0.375 e. The van der Waals surface area contributed by atoms with Crippen molar-refractivity contribution in [2.75, 3.05) is 5.73 Å². The molecule has 0 bridgehead atoms. The Kier molecular flexibility index (Phi) is 1.76. The van der Waals surface area contributed by atoms with Gasteiger partial charge in [-0.1, -0.05) is 11.3 Å². The Hall–Kier alpha value is -1.10. The summed E-state index contributed by atoms with van der Waals surface area (Å²) in [6.45, 7) is 4.61. The van der Waals surface area contributed by atoms with Crippen molar-refractivity contribution in [1.29, 1.82) is 0 Å². The van der Waals surface area contributed by atoms with Gasteiger partial charge in [-0.3, -0.25) is 4.79 Å². The highest BCUT2D eigenvalue weighted by Crippen LogP contribution is 2.30. The van der Waals surface area contributed by atoms with Crippen LogP contribution in [-0.4, -0.2) is 21.8 Å². The molecule has 0 unspecified atom stereocenters. The average Bonchev–Trinajstić information content (AvgIpc) is 2.51. The van der Waals surface area contributed by atoms with Gasteiger partial charge in [0, 0.05) is 6.04 Å². The zero-order valence-corrected chi connectivity index (χ0v) is 8.39. The number of nitrogens with zero attached hydrogens (tertiary/aromatic N) is 2. The van der Waals surface area contributed by atoms with Crippen molar-refractivity contribution in [2.24, 2.45) is 0 Å². The summed E-state index contributed by atoms with van der Waals surface area (Å²) in [5.41, 5.74) is 6.34. The van der Waals surface area contributed by atoms with Crippen molar-refractivity contribution in [1.82, 2.24) is 9.88 Å². The van der Waals surface area contributed by atoms with E-state index >= 15 is 0 Å². The van der Waals surface area contributed by atoms with Gasteiger partial charge in [0.05, 0.1) is 12.2 Å². The highest BCUT2D eigenvalue weighted by atomic mass is 32.1.